The molecule has 2 aromatic rings. The number of halogens is 1. The van der Waals surface area contributed by atoms with E-state index in [1.807, 2.05) is 24.3 Å². The van der Waals surface area contributed by atoms with Gasteiger partial charge >= 0.3 is 7.69 Å². The Labute approximate surface area is 103 Å². The molecule has 0 bridgehead atoms. The lowest BCUT2D eigenvalue weighted by Crippen LogP contribution is -1.99. The minimum atomic E-state index is 0.564. The van der Waals surface area contributed by atoms with Crippen molar-refractivity contribution in [2.45, 2.75) is 0 Å². The van der Waals surface area contributed by atoms with Gasteiger partial charge in [0.1, 0.15) is 5.75 Å². The highest BCUT2D eigenvalue weighted by Gasteiger charge is 2.05. The summed E-state index contributed by atoms with van der Waals surface area (Å²) in [7, 11) is 0.655. The molecule has 79 valence electrons. The first-order valence-electron chi connectivity index (χ1n) is 4.65. The molecule has 0 unspecified atom stereocenters. The molecule has 0 aliphatic heterocycles. The highest BCUT2D eigenvalue weighted by Crippen LogP contribution is 2.29. The summed E-state index contributed by atoms with van der Waals surface area (Å²) in [5.74, 6) is 0.564. The molecule has 1 aromatic carbocycles. The van der Waals surface area contributed by atoms with Crippen LogP contribution in [-0.2, 0) is 0 Å². The van der Waals surface area contributed by atoms with Gasteiger partial charge < -0.3 is 9.68 Å². The Morgan fingerprint density at radius 1 is 1.25 bits per heavy atom. The molecule has 0 atom stereocenters. The number of hydrogen-bond acceptors (Lipinski definition) is 3. The van der Waals surface area contributed by atoms with Gasteiger partial charge in [-0.25, -0.2) is 0 Å². The summed E-state index contributed by atoms with van der Waals surface area (Å²) in [4.78, 5) is 4.26. The van der Waals surface area contributed by atoms with Gasteiger partial charge in [-0.15, -0.1) is 0 Å². The van der Waals surface area contributed by atoms with E-state index in [1.54, 1.807) is 18.3 Å². The molecule has 0 aliphatic carbocycles. The first-order chi connectivity index (χ1) is 7.81. The van der Waals surface area contributed by atoms with E-state index < -0.39 is 0 Å². The maximum atomic E-state index is 8.52. The van der Waals surface area contributed by atoms with Gasteiger partial charge in [-0.3, -0.25) is 4.98 Å². The van der Waals surface area contributed by atoms with E-state index in [0.29, 0.717) is 13.4 Å². The molecule has 0 saturated heterocycles. The molecule has 0 amide bonds. The van der Waals surface area contributed by atoms with Crippen molar-refractivity contribution in [1.82, 2.24) is 4.98 Å². The standard InChI is InChI=1S/C11H8BBrNO2/c13-10-7-8(16-12-15)4-5-9(10)11-3-1-2-6-14-11/h1-7,15H. The fourth-order valence-electron chi connectivity index (χ4n) is 1.36. The second-order valence-corrected chi connectivity index (χ2v) is 3.93. The lowest BCUT2D eigenvalue weighted by atomic mass is 10.1. The average molecular weight is 277 g/mol. The third-order valence-corrected chi connectivity index (χ3v) is 2.73. The van der Waals surface area contributed by atoms with Crippen LogP contribution in [0.15, 0.2) is 47.1 Å². The van der Waals surface area contributed by atoms with Gasteiger partial charge in [-0.1, -0.05) is 6.07 Å². The Morgan fingerprint density at radius 2 is 2.12 bits per heavy atom. The van der Waals surface area contributed by atoms with Crippen LogP contribution in [0.3, 0.4) is 0 Å². The summed E-state index contributed by atoms with van der Waals surface area (Å²) in [6, 6.07) is 11.2. The topological polar surface area (TPSA) is 42.4 Å². The third kappa shape index (κ3) is 2.43. The number of nitrogens with zero attached hydrogens (tertiary/aromatic N) is 1. The molecule has 0 saturated carbocycles. The van der Waals surface area contributed by atoms with Gasteiger partial charge in [0.25, 0.3) is 0 Å². The molecular weight excluding hydrogens is 269 g/mol. The first kappa shape index (κ1) is 11.2. The molecule has 16 heavy (non-hydrogen) atoms. The van der Waals surface area contributed by atoms with Crippen molar-refractivity contribution in [3.63, 3.8) is 0 Å². The summed E-state index contributed by atoms with van der Waals surface area (Å²) in [5, 5.41) is 8.52. The van der Waals surface area contributed by atoms with Crippen LogP contribution in [0.5, 0.6) is 5.75 Å². The SMILES string of the molecule is O[B]Oc1ccc(-c2ccccn2)c(Br)c1. The zero-order valence-electron chi connectivity index (χ0n) is 8.30. The molecule has 1 heterocycles. The Balaban J connectivity index is 2.37. The van der Waals surface area contributed by atoms with Gasteiger partial charge in [0.2, 0.25) is 0 Å². The van der Waals surface area contributed by atoms with Crippen LogP contribution in [-0.4, -0.2) is 17.7 Å². The minimum absolute atomic E-state index is 0.564. The van der Waals surface area contributed by atoms with Crippen LogP contribution < -0.4 is 4.65 Å². The van der Waals surface area contributed by atoms with Crippen molar-refractivity contribution in [2.24, 2.45) is 0 Å². The van der Waals surface area contributed by atoms with Gasteiger partial charge in [-0.05, 0) is 46.3 Å². The largest absolute Gasteiger partial charge is 0.569 e. The number of hydrogen-bond donors (Lipinski definition) is 1. The molecule has 0 aliphatic rings. The number of pyridine rings is 1. The Kier molecular flexibility index (Phi) is 3.59. The molecule has 1 aromatic heterocycles. The van der Waals surface area contributed by atoms with Crippen molar-refractivity contribution in [2.75, 3.05) is 0 Å². The lowest BCUT2D eigenvalue weighted by molar-refractivity contribution is 0.453. The predicted molar refractivity (Wildman–Crippen MR) is 66.0 cm³/mol. The van der Waals surface area contributed by atoms with Crippen LogP contribution in [0.4, 0.5) is 0 Å². The van der Waals surface area contributed by atoms with Crippen molar-refractivity contribution < 1.29 is 9.68 Å². The number of benzene rings is 1. The van der Waals surface area contributed by atoms with Crippen molar-refractivity contribution in [3.8, 4) is 17.0 Å². The first-order valence-corrected chi connectivity index (χ1v) is 5.44. The molecule has 1 radical (unpaired) electrons. The Hall–Kier alpha value is -1.33. The molecule has 0 spiro atoms. The molecule has 3 nitrogen and oxygen atoms in total. The van der Waals surface area contributed by atoms with Gasteiger partial charge in [0.05, 0.1) is 5.69 Å². The van der Waals surface area contributed by atoms with Crippen LogP contribution in [0.2, 0.25) is 0 Å². The average Bonchev–Trinajstić information content (AvgIpc) is 2.31. The van der Waals surface area contributed by atoms with Crippen LogP contribution in [0.25, 0.3) is 11.3 Å². The van der Waals surface area contributed by atoms with E-state index >= 15 is 0 Å². The van der Waals surface area contributed by atoms with E-state index in [4.69, 9.17) is 9.68 Å². The smallest absolute Gasteiger partial charge is 0.537 e. The van der Waals surface area contributed by atoms with E-state index in [1.165, 1.54) is 0 Å². The van der Waals surface area contributed by atoms with E-state index in [2.05, 4.69) is 20.9 Å². The Morgan fingerprint density at radius 3 is 2.75 bits per heavy atom. The fraction of sp³-hybridized carbons (Fsp3) is 0. The van der Waals surface area contributed by atoms with Gasteiger partial charge in [0.15, 0.2) is 0 Å². The summed E-state index contributed by atoms with van der Waals surface area (Å²) in [6.45, 7) is 0. The van der Waals surface area contributed by atoms with Crippen LogP contribution in [0.1, 0.15) is 0 Å². The summed E-state index contributed by atoms with van der Waals surface area (Å²) >= 11 is 3.44. The third-order valence-electron chi connectivity index (χ3n) is 2.07. The number of aromatic nitrogens is 1. The number of rotatable bonds is 3. The second-order valence-electron chi connectivity index (χ2n) is 3.08. The van der Waals surface area contributed by atoms with E-state index in [-0.39, 0.29) is 0 Å². The van der Waals surface area contributed by atoms with Gasteiger partial charge in [-0.2, -0.15) is 0 Å². The highest BCUT2D eigenvalue weighted by atomic mass is 79.9. The molecule has 0 fully saturated rings. The quantitative estimate of drug-likeness (QED) is 0.876. The lowest BCUT2D eigenvalue weighted by Gasteiger charge is -2.06. The van der Waals surface area contributed by atoms with E-state index in [9.17, 15) is 0 Å². The highest BCUT2D eigenvalue weighted by molar-refractivity contribution is 9.10. The van der Waals surface area contributed by atoms with E-state index in [0.717, 1.165) is 15.7 Å². The summed E-state index contributed by atoms with van der Waals surface area (Å²) in [6.07, 6.45) is 1.74. The fourth-order valence-corrected chi connectivity index (χ4v) is 1.92. The van der Waals surface area contributed by atoms with Crippen molar-refractivity contribution in [1.29, 1.82) is 0 Å². The minimum Gasteiger partial charge on any atom is -0.537 e. The zero-order valence-corrected chi connectivity index (χ0v) is 9.89. The second kappa shape index (κ2) is 5.14. The predicted octanol–water partition coefficient (Wildman–Crippen LogP) is 2.42. The monoisotopic (exact) mass is 276 g/mol. The molecule has 2 rings (SSSR count). The van der Waals surface area contributed by atoms with Crippen LogP contribution in [0, 0.1) is 0 Å². The van der Waals surface area contributed by atoms with Crippen LogP contribution >= 0.6 is 15.9 Å². The maximum Gasteiger partial charge on any atom is 0.569 e. The molecule has 1 N–H and O–H groups in total. The Bertz CT molecular complexity index is 479. The summed E-state index contributed by atoms with van der Waals surface area (Å²) in [5.41, 5.74) is 1.86. The van der Waals surface area contributed by atoms with Crippen molar-refractivity contribution in [3.05, 3.63) is 47.1 Å². The zero-order chi connectivity index (χ0) is 11.4. The normalized spacial score (nSPS) is 9.88. The van der Waals surface area contributed by atoms with Crippen molar-refractivity contribution >= 4 is 23.6 Å². The maximum absolute atomic E-state index is 8.52. The summed E-state index contributed by atoms with van der Waals surface area (Å²) < 4.78 is 5.72. The molecule has 5 heteroatoms. The van der Waals surface area contributed by atoms with Gasteiger partial charge in [0, 0.05) is 16.2 Å². The molecular formula is C11H8BBrNO2.